The topological polar surface area (TPSA) is 110 Å². The van der Waals surface area contributed by atoms with Crippen molar-refractivity contribution >= 4 is 17.6 Å². The fraction of sp³-hybridized carbons (Fsp3) is 0.400. The number of benzene rings is 1. The van der Waals surface area contributed by atoms with Gasteiger partial charge in [-0.25, -0.2) is 4.98 Å². The molecule has 2 aromatic heterocycles. The Kier molecular flexibility index (Phi) is 5.23. The van der Waals surface area contributed by atoms with Gasteiger partial charge in [-0.05, 0) is 47.6 Å². The summed E-state index contributed by atoms with van der Waals surface area (Å²) < 4.78 is 5.23. The van der Waals surface area contributed by atoms with Crippen LogP contribution in [-0.2, 0) is 23.1 Å². The molecule has 1 atom stereocenters. The number of amides is 2. The predicted octanol–water partition coefficient (Wildman–Crippen LogP) is 4.12. The Morgan fingerprint density at radius 1 is 1.21 bits per heavy atom. The molecule has 1 aliphatic carbocycles. The monoisotopic (exact) mass is 445 g/mol. The van der Waals surface area contributed by atoms with Crippen LogP contribution in [0.2, 0.25) is 0 Å². The molecule has 0 saturated heterocycles. The van der Waals surface area contributed by atoms with E-state index in [2.05, 4.69) is 44.0 Å². The summed E-state index contributed by atoms with van der Waals surface area (Å²) in [7, 11) is 0. The highest BCUT2D eigenvalue weighted by atomic mass is 16.5. The van der Waals surface area contributed by atoms with E-state index in [0.29, 0.717) is 18.1 Å². The number of aryl methyl sites for hydroxylation is 1. The number of hydrogen-bond acceptors (Lipinski definition) is 6. The van der Waals surface area contributed by atoms with Crippen molar-refractivity contribution in [2.24, 2.45) is 0 Å². The largest absolute Gasteiger partial charge is 0.341 e. The van der Waals surface area contributed by atoms with Gasteiger partial charge in [0.15, 0.2) is 5.82 Å². The summed E-state index contributed by atoms with van der Waals surface area (Å²) in [6.07, 6.45) is 5.91. The summed E-state index contributed by atoms with van der Waals surface area (Å²) in [6.45, 7) is 5.93. The van der Waals surface area contributed by atoms with Crippen LogP contribution in [0.4, 0.5) is 5.82 Å². The number of hydrogen-bond donors (Lipinski definition) is 2. The molecule has 8 heteroatoms. The number of nitrogens with one attached hydrogen (secondary N) is 2. The van der Waals surface area contributed by atoms with Gasteiger partial charge in [0, 0.05) is 17.2 Å². The third-order valence-corrected chi connectivity index (χ3v) is 6.27. The lowest BCUT2D eigenvalue weighted by atomic mass is 9.92. The van der Waals surface area contributed by atoms with Crippen LogP contribution in [0, 0.1) is 0 Å². The van der Waals surface area contributed by atoms with Crippen molar-refractivity contribution < 1.29 is 14.1 Å². The van der Waals surface area contributed by atoms with Gasteiger partial charge < -0.3 is 15.2 Å². The Labute approximate surface area is 192 Å². The smallest absolute Gasteiger partial charge is 0.315 e. The molecule has 0 radical (unpaired) electrons. The van der Waals surface area contributed by atoms with E-state index >= 15 is 0 Å². The Morgan fingerprint density at radius 2 is 2.06 bits per heavy atom. The normalized spacial score (nSPS) is 17.7. The van der Waals surface area contributed by atoms with Crippen LogP contribution in [0.3, 0.4) is 0 Å². The number of nitrogens with zero attached hydrogens (tertiary/aromatic N) is 3. The first-order valence-corrected chi connectivity index (χ1v) is 11.4. The summed E-state index contributed by atoms with van der Waals surface area (Å²) in [6, 6.07) is 8.17. The van der Waals surface area contributed by atoms with Gasteiger partial charge in [0.25, 0.3) is 0 Å². The molecule has 3 aromatic rings. The SMILES string of the molecule is CC(C)(C)c1noc(C(=O)NC2CCCCc3cc(-c4ccnc5c4CC(=O)N5)ccc32)n1. The van der Waals surface area contributed by atoms with Gasteiger partial charge >= 0.3 is 11.8 Å². The number of carbonyl (C=O) groups excluding carboxylic acids is 2. The second-order valence-electron chi connectivity index (χ2n) is 9.77. The van der Waals surface area contributed by atoms with Crippen LogP contribution in [0.1, 0.15) is 79.3 Å². The Bertz CT molecular complexity index is 1240. The molecular weight excluding hydrogens is 418 g/mol. The number of anilines is 1. The molecule has 5 rings (SSSR count). The lowest BCUT2D eigenvalue weighted by Gasteiger charge is -2.19. The zero-order valence-electron chi connectivity index (χ0n) is 19.1. The van der Waals surface area contributed by atoms with Crippen molar-refractivity contribution in [3.05, 3.63) is 58.9 Å². The zero-order valence-corrected chi connectivity index (χ0v) is 19.1. The maximum absolute atomic E-state index is 12.9. The average molecular weight is 446 g/mol. The van der Waals surface area contributed by atoms with Crippen molar-refractivity contribution in [2.45, 2.75) is 64.3 Å². The van der Waals surface area contributed by atoms with Gasteiger partial charge in [-0.15, -0.1) is 0 Å². The van der Waals surface area contributed by atoms with E-state index in [9.17, 15) is 9.59 Å². The highest BCUT2D eigenvalue weighted by Crippen LogP contribution is 2.36. The molecule has 1 aromatic carbocycles. The molecule has 0 spiro atoms. The minimum atomic E-state index is -0.350. The highest BCUT2D eigenvalue weighted by Gasteiger charge is 2.28. The molecular formula is C25H27N5O3. The average Bonchev–Trinajstić information content (AvgIpc) is 3.37. The standard InChI is InChI=1S/C25H27N5O3/c1-25(2,3)24-29-23(33-30-24)22(32)27-19-7-5-4-6-14-12-15(8-9-17(14)19)16-10-11-26-21-18(16)13-20(31)28-21/h8-12,19H,4-7,13H2,1-3H3,(H,27,32)(H,26,28,31). The zero-order chi connectivity index (χ0) is 23.2. The highest BCUT2D eigenvalue weighted by molar-refractivity contribution is 6.00. The molecule has 1 unspecified atom stereocenters. The molecule has 8 nitrogen and oxygen atoms in total. The number of aromatic nitrogens is 3. The van der Waals surface area contributed by atoms with Crippen LogP contribution in [0.25, 0.3) is 11.1 Å². The molecule has 1 aliphatic heterocycles. The van der Waals surface area contributed by atoms with Crippen molar-refractivity contribution in [3.63, 3.8) is 0 Å². The molecule has 0 fully saturated rings. The van der Waals surface area contributed by atoms with E-state index in [1.165, 1.54) is 5.56 Å². The van der Waals surface area contributed by atoms with Gasteiger partial charge in [-0.1, -0.05) is 50.5 Å². The van der Waals surface area contributed by atoms with Gasteiger partial charge in [-0.2, -0.15) is 4.98 Å². The van der Waals surface area contributed by atoms with Crippen LogP contribution < -0.4 is 10.6 Å². The van der Waals surface area contributed by atoms with Gasteiger partial charge in [0.1, 0.15) is 5.82 Å². The summed E-state index contributed by atoms with van der Waals surface area (Å²) in [5.41, 5.74) is 5.04. The maximum atomic E-state index is 12.9. The van der Waals surface area contributed by atoms with Gasteiger partial charge in [0.2, 0.25) is 5.91 Å². The molecule has 0 bridgehead atoms. The summed E-state index contributed by atoms with van der Waals surface area (Å²) in [5, 5.41) is 9.88. The lowest BCUT2D eigenvalue weighted by Crippen LogP contribution is -2.29. The first-order chi connectivity index (χ1) is 15.8. The molecule has 2 aliphatic rings. The van der Waals surface area contributed by atoms with E-state index in [1.54, 1.807) is 6.20 Å². The fourth-order valence-electron chi connectivity index (χ4n) is 4.53. The number of rotatable bonds is 3. The van der Waals surface area contributed by atoms with Crippen LogP contribution in [-0.4, -0.2) is 26.9 Å². The molecule has 0 saturated carbocycles. The van der Waals surface area contributed by atoms with Gasteiger partial charge in [-0.3, -0.25) is 9.59 Å². The van der Waals surface area contributed by atoms with Crippen molar-refractivity contribution in [1.29, 1.82) is 0 Å². The Balaban J connectivity index is 1.42. The number of pyridine rings is 1. The van der Waals surface area contributed by atoms with Gasteiger partial charge in [0.05, 0.1) is 12.5 Å². The molecule has 2 amide bonds. The van der Waals surface area contributed by atoms with E-state index < -0.39 is 0 Å². The minimum absolute atomic E-state index is 0.00754. The van der Waals surface area contributed by atoms with E-state index in [1.807, 2.05) is 26.8 Å². The predicted molar refractivity (Wildman–Crippen MR) is 123 cm³/mol. The maximum Gasteiger partial charge on any atom is 0.315 e. The van der Waals surface area contributed by atoms with Crippen molar-refractivity contribution in [3.8, 4) is 11.1 Å². The van der Waals surface area contributed by atoms with E-state index in [-0.39, 0.29) is 29.2 Å². The van der Waals surface area contributed by atoms with Crippen LogP contribution in [0.15, 0.2) is 35.0 Å². The first-order valence-electron chi connectivity index (χ1n) is 11.4. The third-order valence-electron chi connectivity index (χ3n) is 6.27. The summed E-state index contributed by atoms with van der Waals surface area (Å²) in [4.78, 5) is 33.3. The van der Waals surface area contributed by atoms with Crippen LogP contribution >= 0.6 is 0 Å². The molecule has 2 N–H and O–H groups in total. The first kappa shape index (κ1) is 21.3. The summed E-state index contributed by atoms with van der Waals surface area (Å²) >= 11 is 0. The Morgan fingerprint density at radius 3 is 2.85 bits per heavy atom. The Hall–Kier alpha value is -3.55. The second kappa shape index (κ2) is 8.10. The molecule has 170 valence electrons. The molecule has 33 heavy (non-hydrogen) atoms. The third kappa shape index (κ3) is 4.13. The minimum Gasteiger partial charge on any atom is -0.341 e. The second-order valence-corrected chi connectivity index (χ2v) is 9.77. The van der Waals surface area contributed by atoms with E-state index in [4.69, 9.17) is 4.52 Å². The van der Waals surface area contributed by atoms with Crippen molar-refractivity contribution in [1.82, 2.24) is 20.4 Å². The number of carbonyl (C=O) groups is 2. The van der Waals surface area contributed by atoms with E-state index in [0.717, 1.165) is 47.9 Å². The molecule has 3 heterocycles. The fourth-order valence-corrected chi connectivity index (χ4v) is 4.53. The summed E-state index contributed by atoms with van der Waals surface area (Å²) in [5.74, 6) is 0.768. The van der Waals surface area contributed by atoms with Crippen LogP contribution in [0.5, 0.6) is 0 Å². The quantitative estimate of drug-likeness (QED) is 0.587. The van der Waals surface area contributed by atoms with Crippen molar-refractivity contribution in [2.75, 3.05) is 5.32 Å². The number of fused-ring (bicyclic) bond motifs is 2. The lowest BCUT2D eigenvalue weighted by molar-refractivity contribution is -0.115.